The van der Waals surface area contributed by atoms with Crippen molar-refractivity contribution in [1.29, 1.82) is 0 Å². The molecule has 1 unspecified atom stereocenters. The number of benzene rings is 4. The van der Waals surface area contributed by atoms with Gasteiger partial charge in [-0.25, -0.2) is 0 Å². The molecule has 6 rings (SSSR count). The molecule has 5 aromatic rings. The lowest BCUT2D eigenvalue weighted by atomic mass is 10.0. The number of aliphatic carboxylic acids is 1. The van der Waals surface area contributed by atoms with Gasteiger partial charge in [-0.1, -0.05) is 60.7 Å². The van der Waals surface area contributed by atoms with Gasteiger partial charge in [0.15, 0.2) is 17.3 Å². The molecule has 0 radical (unpaired) electrons. The van der Waals surface area contributed by atoms with Gasteiger partial charge >= 0.3 is 5.97 Å². The highest BCUT2D eigenvalue weighted by atomic mass is 16.5. The van der Waals surface area contributed by atoms with Gasteiger partial charge in [0.25, 0.3) is 0 Å². The minimum Gasteiger partial charge on any atom is -0.495 e. The van der Waals surface area contributed by atoms with Crippen LogP contribution in [-0.4, -0.2) is 73.3 Å². The number of fused-ring (bicyclic) bond motifs is 1. The summed E-state index contributed by atoms with van der Waals surface area (Å²) in [6.07, 6.45) is 3.97. The summed E-state index contributed by atoms with van der Waals surface area (Å²) in [7, 11) is 3.31. The Morgan fingerprint density at radius 1 is 0.760 bits per heavy atom. The average molecular weight is 676 g/mol. The van der Waals surface area contributed by atoms with E-state index in [2.05, 4.69) is 34.1 Å². The van der Waals surface area contributed by atoms with Crippen LogP contribution in [0, 0.1) is 0 Å². The number of aryl methyl sites for hydroxylation is 1. The summed E-state index contributed by atoms with van der Waals surface area (Å²) < 4.78 is 20.0. The van der Waals surface area contributed by atoms with Crippen molar-refractivity contribution in [3.63, 3.8) is 0 Å². The number of piperazine rings is 1. The number of carboxylic acid groups (broad SMARTS) is 1. The quantitative estimate of drug-likeness (QED) is 0.108. The molecule has 0 spiro atoms. The van der Waals surface area contributed by atoms with Crippen molar-refractivity contribution in [2.24, 2.45) is 0 Å². The first-order valence-electron chi connectivity index (χ1n) is 17.3. The third-order valence-corrected chi connectivity index (χ3v) is 9.43. The minimum atomic E-state index is -0.832. The number of aromatic nitrogens is 1. The Bertz CT molecular complexity index is 1900. The SMILES string of the molecule is COc1cc(C(=O)c2cn(CCCC(=O)O)c3ccccc23)ccc1OC(CCCN1CCN(c2ccccc2OC)CC1)c1ccccc1. The molecule has 1 saturated heterocycles. The predicted octanol–water partition coefficient (Wildman–Crippen LogP) is 7.48. The number of ether oxygens (including phenoxy) is 3. The summed E-state index contributed by atoms with van der Waals surface area (Å²) in [6.45, 7) is 5.36. The second kappa shape index (κ2) is 16.4. The number of carboxylic acids is 1. The number of para-hydroxylation sites is 3. The van der Waals surface area contributed by atoms with E-state index in [1.165, 1.54) is 0 Å². The van der Waals surface area contributed by atoms with E-state index in [4.69, 9.17) is 19.3 Å². The van der Waals surface area contributed by atoms with Crippen LogP contribution < -0.4 is 19.1 Å². The maximum absolute atomic E-state index is 13.9. The Balaban J connectivity index is 1.13. The Kier molecular flexibility index (Phi) is 11.4. The molecule has 1 aromatic heterocycles. The molecule has 1 aliphatic heterocycles. The summed E-state index contributed by atoms with van der Waals surface area (Å²) in [6, 6.07) is 31.5. The molecule has 4 aromatic carbocycles. The molecule has 0 aliphatic carbocycles. The number of anilines is 1. The second-order valence-electron chi connectivity index (χ2n) is 12.6. The van der Waals surface area contributed by atoms with Crippen LogP contribution in [0.2, 0.25) is 0 Å². The third-order valence-electron chi connectivity index (χ3n) is 9.43. The van der Waals surface area contributed by atoms with Gasteiger partial charge in [-0.05, 0) is 67.8 Å². The maximum Gasteiger partial charge on any atom is 0.303 e. The normalized spacial score (nSPS) is 14.0. The first-order valence-corrected chi connectivity index (χ1v) is 17.3. The first-order chi connectivity index (χ1) is 24.4. The van der Waals surface area contributed by atoms with Crippen molar-refractivity contribution in [3.8, 4) is 17.2 Å². The molecule has 2 heterocycles. The van der Waals surface area contributed by atoms with Crippen LogP contribution in [0.4, 0.5) is 5.69 Å². The van der Waals surface area contributed by atoms with Gasteiger partial charge in [0.1, 0.15) is 11.9 Å². The van der Waals surface area contributed by atoms with Gasteiger partial charge in [0.05, 0.1) is 19.9 Å². The lowest BCUT2D eigenvalue weighted by Crippen LogP contribution is -2.46. The van der Waals surface area contributed by atoms with Crippen molar-refractivity contribution in [1.82, 2.24) is 9.47 Å². The van der Waals surface area contributed by atoms with Crippen molar-refractivity contribution in [2.75, 3.05) is 51.8 Å². The van der Waals surface area contributed by atoms with Crippen molar-refractivity contribution >= 4 is 28.3 Å². The topological polar surface area (TPSA) is 93.5 Å². The fraction of sp³-hybridized carbons (Fsp3) is 0.317. The molecular weight excluding hydrogens is 630 g/mol. The molecule has 0 amide bonds. The Labute approximate surface area is 293 Å². The Morgan fingerprint density at radius 3 is 2.24 bits per heavy atom. The maximum atomic E-state index is 13.9. The highest BCUT2D eigenvalue weighted by molar-refractivity contribution is 6.16. The van der Waals surface area contributed by atoms with E-state index in [-0.39, 0.29) is 18.3 Å². The molecule has 1 aliphatic rings. The van der Waals surface area contributed by atoms with Gasteiger partial charge < -0.3 is 28.8 Å². The predicted molar refractivity (Wildman–Crippen MR) is 196 cm³/mol. The van der Waals surface area contributed by atoms with E-state index in [0.29, 0.717) is 35.6 Å². The largest absolute Gasteiger partial charge is 0.495 e. The van der Waals surface area contributed by atoms with Crippen LogP contribution >= 0.6 is 0 Å². The van der Waals surface area contributed by atoms with Crippen molar-refractivity contribution in [3.05, 3.63) is 120 Å². The molecule has 50 heavy (non-hydrogen) atoms. The zero-order chi connectivity index (χ0) is 34.9. The second-order valence-corrected chi connectivity index (χ2v) is 12.6. The zero-order valence-electron chi connectivity index (χ0n) is 28.8. The third kappa shape index (κ3) is 8.12. The molecule has 9 heteroatoms. The average Bonchev–Trinajstić information content (AvgIpc) is 3.53. The van der Waals surface area contributed by atoms with E-state index in [0.717, 1.165) is 73.5 Å². The number of hydrogen-bond acceptors (Lipinski definition) is 7. The van der Waals surface area contributed by atoms with E-state index < -0.39 is 5.97 Å². The summed E-state index contributed by atoms with van der Waals surface area (Å²) in [4.78, 5) is 29.9. The fourth-order valence-corrected chi connectivity index (χ4v) is 6.79. The highest BCUT2D eigenvalue weighted by Gasteiger charge is 2.23. The monoisotopic (exact) mass is 675 g/mol. The molecular formula is C41H45N3O6. The number of carbonyl (C=O) groups is 2. The molecule has 0 saturated carbocycles. The number of rotatable bonds is 16. The number of nitrogens with zero attached hydrogens (tertiary/aromatic N) is 3. The summed E-state index contributed by atoms with van der Waals surface area (Å²) in [5.74, 6) is 1.03. The van der Waals surface area contributed by atoms with E-state index in [1.807, 2.05) is 71.4 Å². The minimum absolute atomic E-state index is 0.0696. The molecule has 1 N–H and O–H groups in total. The van der Waals surface area contributed by atoms with Crippen molar-refractivity contribution < 1.29 is 28.9 Å². The molecule has 260 valence electrons. The van der Waals surface area contributed by atoms with Crippen LogP contribution in [0.25, 0.3) is 10.9 Å². The lowest BCUT2D eigenvalue weighted by Gasteiger charge is -2.36. The number of ketones is 1. The van der Waals surface area contributed by atoms with E-state index in [1.54, 1.807) is 26.4 Å². The van der Waals surface area contributed by atoms with Gasteiger partial charge in [0, 0.05) is 67.4 Å². The van der Waals surface area contributed by atoms with Crippen LogP contribution in [0.5, 0.6) is 17.2 Å². The Hall–Kier alpha value is -5.28. The summed E-state index contributed by atoms with van der Waals surface area (Å²) >= 11 is 0. The van der Waals surface area contributed by atoms with Crippen LogP contribution in [0.3, 0.4) is 0 Å². The van der Waals surface area contributed by atoms with E-state index in [9.17, 15) is 9.59 Å². The van der Waals surface area contributed by atoms with E-state index >= 15 is 0 Å². The smallest absolute Gasteiger partial charge is 0.303 e. The molecule has 1 fully saturated rings. The lowest BCUT2D eigenvalue weighted by molar-refractivity contribution is -0.137. The first kappa shape index (κ1) is 34.6. The highest BCUT2D eigenvalue weighted by Crippen LogP contribution is 2.35. The summed E-state index contributed by atoms with van der Waals surface area (Å²) in [5.41, 5.74) is 4.20. The van der Waals surface area contributed by atoms with Gasteiger partial charge in [-0.15, -0.1) is 0 Å². The number of carbonyl (C=O) groups excluding carboxylic acids is 1. The molecule has 1 atom stereocenters. The van der Waals surface area contributed by atoms with Crippen LogP contribution in [0.1, 0.15) is 53.3 Å². The van der Waals surface area contributed by atoms with Crippen LogP contribution in [0.15, 0.2) is 103 Å². The standard InChI is InChI=1S/C41H45N3O6/c1-48-37-17-9-8-16-35(37)43-26-24-42(25-27-43)22-10-18-36(30-12-4-3-5-13-30)50-38-21-20-31(28-39(38)49-2)41(47)33-29-44(23-11-19-40(45)46)34-15-7-6-14-32(33)34/h3-9,12-17,20-21,28-29,36H,10-11,18-19,22-27H2,1-2H3,(H,45,46). The number of methoxy groups -OCH3 is 2. The van der Waals surface area contributed by atoms with Gasteiger partial charge in [0.2, 0.25) is 0 Å². The van der Waals surface area contributed by atoms with Crippen molar-refractivity contribution in [2.45, 2.75) is 38.3 Å². The Morgan fingerprint density at radius 2 is 1.48 bits per heavy atom. The zero-order valence-corrected chi connectivity index (χ0v) is 28.8. The van der Waals surface area contributed by atoms with Crippen LogP contribution in [-0.2, 0) is 11.3 Å². The number of hydrogen-bond donors (Lipinski definition) is 1. The fourth-order valence-electron chi connectivity index (χ4n) is 6.79. The molecule has 9 nitrogen and oxygen atoms in total. The van der Waals surface area contributed by atoms with Gasteiger partial charge in [-0.2, -0.15) is 0 Å². The van der Waals surface area contributed by atoms with Gasteiger partial charge in [-0.3, -0.25) is 14.5 Å². The summed E-state index contributed by atoms with van der Waals surface area (Å²) in [5, 5.41) is 9.93. The molecule has 0 bridgehead atoms.